The van der Waals surface area contributed by atoms with Gasteiger partial charge in [-0.1, -0.05) is 0 Å². The number of benzene rings is 1. The standard InChI is InChI=1S/C14H13N5O/c1-9(11-7-17-18-8-11)19-14(20)10-2-3-12-13(6-10)16-5-4-15-12/h2-9H,1H3,(H,17,18)(H,19,20). The minimum absolute atomic E-state index is 0.112. The molecule has 2 aromatic heterocycles. The molecule has 1 atom stereocenters. The Morgan fingerprint density at radius 3 is 2.80 bits per heavy atom. The lowest BCUT2D eigenvalue weighted by molar-refractivity contribution is 0.0940. The van der Waals surface area contributed by atoms with E-state index in [-0.39, 0.29) is 11.9 Å². The molecule has 0 aliphatic rings. The maximum atomic E-state index is 12.2. The molecule has 0 spiro atoms. The van der Waals surface area contributed by atoms with Crippen LogP contribution in [0.3, 0.4) is 0 Å². The molecule has 0 radical (unpaired) electrons. The Hall–Kier alpha value is -2.76. The summed E-state index contributed by atoms with van der Waals surface area (Å²) in [6, 6.07) is 5.16. The highest BCUT2D eigenvalue weighted by Gasteiger charge is 2.12. The Balaban J connectivity index is 1.82. The molecule has 3 rings (SSSR count). The van der Waals surface area contributed by atoms with Crippen molar-refractivity contribution in [2.75, 3.05) is 0 Å². The van der Waals surface area contributed by atoms with Crippen LogP contribution in [0.2, 0.25) is 0 Å². The first-order valence-electron chi connectivity index (χ1n) is 6.24. The molecule has 2 N–H and O–H groups in total. The summed E-state index contributed by atoms with van der Waals surface area (Å²) in [6.07, 6.45) is 6.69. The minimum atomic E-state index is -0.147. The SMILES string of the molecule is CC(NC(=O)c1ccc2nccnc2c1)c1cn[nH]c1. The van der Waals surface area contributed by atoms with Gasteiger partial charge in [0, 0.05) is 29.7 Å². The number of hydrogen-bond acceptors (Lipinski definition) is 4. The van der Waals surface area contributed by atoms with Gasteiger partial charge in [-0.15, -0.1) is 0 Å². The van der Waals surface area contributed by atoms with Crippen LogP contribution in [0.1, 0.15) is 28.9 Å². The zero-order valence-corrected chi connectivity index (χ0v) is 10.9. The molecule has 0 saturated heterocycles. The van der Waals surface area contributed by atoms with E-state index in [1.807, 2.05) is 6.92 Å². The number of hydrogen-bond donors (Lipinski definition) is 2. The summed E-state index contributed by atoms with van der Waals surface area (Å²) in [6.45, 7) is 1.91. The fourth-order valence-electron chi connectivity index (χ4n) is 1.97. The van der Waals surface area contributed by atoms with Crippen LogP contribution < -0.4 is 5.32 Å². The number of nitrogens with one attached hydrogen (secondary N) is 2. The number of carbonyl (C=O) groups excluding carboxylic acids is 1. The van der Waals surface area contributed by atoms with Crippen molar-refractivity contribution in [3.05, 3.63) is 54.1 Å². The summed E-state index contributed by atoms with van der Waals surface area (Å²) >= 11 is 0. The van der Waals surface area contributed by atoms with Crippen molar-refractivity contribution in [3.63, 3.8) is 0 Å². The van der Waals surface area contributed by atoms with Crippen LogP contribution in [0.4, 0.5) is 0 Å². The van der Waals surface area contributed by atoms with E-state index in [0.29, 0.717) is 11.1 Å². The number of fused-ring (bicyclic) bond motifs is 1. The largest absolute Gasteiger partial charge is 0.345 e. The number of aromatic amines is 1. The molecule has 6 heteroatoms. The Bertz CT molecular complexity index is 738. The third-order valence-electron chi connectivity index (χ3n) is 3.10. The van der Waals surface area contributed by atoms with Crippen LogP contribution in [0.25, 0.3) is 11.0 Å². The van der Waals surface area contributed by atoms with Gasteiger partial charge in [-0.05, 0) is 25.1 Å². The number of H-pyrrole nitrogens is 1. The number of amides is 1. The summed E-state index contributed by atoms with van der Waals surface area (Å²) in [5, 5.41) is 9.51. The molecule has 6 nitrogen and oxygen atoms in total. The first kappa shape index (κ1) is 12.3. The predicted molar refractivity (Wildman–Crippen MR) is 74.0 cm³/mol. The first-order valence-corrected chi connectivity index (χ1v) is 6.24. The number of carbonyl (C=O) groups is 1. The van der Waals surface area contributed by atoms with Crippen LogP contribution in [-0.2, 0) is 0 Å². The molecule has 3 aromatic rings. The second kappa shape index (κ2) is 5.08. The van der Waals surface area contributed by atoms with Crippen LogP contribution in [0, 0.1) is 0 Å². The second-order valence-corrected chi connectivity index (χ2v) is 4.49. The Morgan fingerprint density at radius 2 is 2.05 bits per heavy atom. The molecule has 1 unspecified atom stereocenters. The van der Waals surface area contributed by atoms with Gasteiger partial charge in [-0.3, -0.25) is 19.9 Å². The maximum Gasteiger partial charge on any atom is 0.251 e. The molecule has 2 heterocycles. The van der Waals surface area contributed by atoms with Gasteiger partial charge in [-0.2, -0.15) is 5.10 Å². The summed E-state index contributed by atoms with van der Waals surface area (Å²) in [7, 11) is 0. The van der Waals surface area contributed by atoms with E-state index in [4.69, 9.17) is 0 Å². The molecule has 0 aliphatic heterocycles. The van der Waals surface area contributed by atoms with Gasteiger partial charge in [-0.25, -0.2) is 0 Å². The highest BCUT2D eigenvalue weighted by molar-refractivity contribution is 5.97. The van der Waals surface area contributed by atoms with E-state index < -0.39 is 0 Å². The number of rotatable bonds is 3. The fraction of sp³-hybridized carbons (Fsp3) is 0.143. The molecule has 20 heavy (non-hydrogen) atoms. The van der Waals surface area contributed by atoms with E-state index >= 15 is 0 Å². The fourth-order valence-corrected chi connectivity index (χ4v) is 1.97. The quantitative estimate of drug-likeness (QED) is 0.758. The van der Waals surface area contributed by atoms with Crippen molar-refractivity contribution in [2.24, 2.45) is 0 Å². The maximum absolute atomic E-state index is 12.2. The Labute approximate surface area is 115 Å². The summed E-state index contributed by atoms with van der Waals surface area (Å²) in [5.41, 5.74) is 2.97. The molecular formula is C14H13N5O. The van der Waals surface area contributed by atoms with Crippen molar-refractivity contribution in [1.82, 2.24) is 25.5 Å². The van der Waals surface area contributed by atoms with Crippen molar-refractivity contribution in [2.45, 2.75) is 13.0 Å². The minimum Gasteiger partial charge on any atom is -0.345 e. The molecule has 0 saturated carbocycles. The number of aromatic nitrogens is 4. The van der Waals surface area contributed by atoms with Crippen LogP contribution in [0.5, 0.6) is 0 Å². The molecule has 100 valence electrons. The van der Waals surface area contributed by atoms with Gasteiger partial charge in [0.15, 0.2) is 0 Å². The topological polar surface area (TPSA) is 83.6 Å². The summed E-state index contributed by atoms with van der Waals surface area (Å²) in [4.78, 5) is 20.6. The normalized spacial score (nSPS) is 12.2. The van der Waals surface area contributed by atoms with Gasteiger partial charge in [0.05, 0.1) is 23.3 Å². The van der Waals surface area contributed by atoms with Crippen molar-refractivity contribution in [3.8, 4) is 0 Å². The highest BCUT2D eigenvalue weighted by Crippen LogP contribution is 2.13. The average molecular weight is 267 g/mol. The molecule has 0 aliphatic carbocycles. The van der Waals surface area contributed by atoms with Gasteiger partial charge >= 0.3 is 0 Å². The molecular weight excluding hydrogens is 254 g/mol. The van der Waals surface area contributed by atoms with Crippen molar-refractivity contribution < 1.29 is 4.79 Å². The zero-order chi connectivity index (χ0) is 13.9. The van der Waals surface area contributed by atoms with Gasteiger partial charge < -0.3 is 5.32 Å². The van der Waals surface area contributed by atoms with Gasteiger partial charge in [0.2, 0.25) is 0 Å². The summed E-state index contributed by atoms with van der Waals surface area (Å²) in [5.74, 6) is -0.147. The third-order valence-corrected chi connectivity index (χ3v) is 3.10. The van der Waals surface area contributed by atoms with Crippen LogP contribution >= 0.6 is 0 Å². The third kappa shape index (κ3) is 2.35. The zero-order valence-electron chi connectivity index (χ0n) is 10.9. The molecule has 1 aromatic carbocycles. The van der Waals surface area contributed by atoms with E-state index in [1.54, 1.807) is 43.0 Å². The molecule has 1 amide bonds. The van der Waals surface area contributed by atoms with E-state index in [0.717, 1.165) is 11.1 Å². The smallest absolute Gasteiger partial charge is 0.251 e. The van der Waals surface area contributed by atoms with Crippen molar-refractivity contribution >= 4 is 16.9 Å². The second-order valence-electron chi connectivity index (χ2n) is 4.49. The van der Waals surface area contributed by atoms with E-state index in [2.05, 4.69) is 25.5 Å². The number of nitrogens with zero attached hydrogens (tertiary/aromatic N) is 3. The predicted octanol–water partition coefficient (Wildman–Crippen LogP) is 1.84. The van der Waals surface area contributed by atoms with E-state index in [1.165, 1.54) is 0 Å². The van der Waals surface area contributed by atoms with Gasteiger partial charge in [0.25, 0.3) is 5.91 Å². The first-order chi connectivity index (χ1) is 9.74. The van der Waals surface area contributed by atoms with Crippen molar-refractivity contribution in [1.29, 1.82) is 0 Å². The van der Waals surface area contributed by atoms with E-state index in [9.17, 15) is 4.79 Å². The highest BCUT2D eigenvalue weighted by atomic mass is 16.1. The average Bonchev–Trinajstić information content (AvgIpc) is 3.01. The van der Waals surface area contributed by atoms with Crippen LogP contribution in [0.15, 0.2) is 43.0 Å². The van der Waals surface area contributed by atoms with Gasteiger partial charge in [0.1, 0.15) is 0 Å². The Morgan fingerprint density at radius 1 is 1.25 bits per heavy atom. The van der Waals surface area contributed by atoms with Crippen LogP contribution in [-0.4, -0.2) is 26.1 Å². The lowest BCUT2D eigenvalue weighted by atomic mass is 10.1. The summed E-state index contributed by atoms with van der Waals surface area (Å²) < 4.78 is 0. The lowest BCUT2D eigenvalue weighted by Crippen LogP contribution is -2.26. The lowest BCUT2D eigenvalue weighted by Gasteiger charge is -2.12. The molecule has 0 fully saturated rings. The Kier molecular flexibility index (Phi) is 3.12. The molecule has 0 bridgehead atoms. The monoisotopic (exact) mass is 267 g/mol.